The van der Waals surface area contributed by atoms with Gasteiger partial charge in [-0.05, 0) is 30.3 Å². The normalized spacial score (nSPS) is 14.4. The van der Waals surface area contributed by atoms with Crippen LogP contribution in [0.15, 0.2) is 66.1 Å². The number of aromatic nitrogens is 5. The third-order valence-corrected chi connectivity index (χ3v) is 6.07. The average molecular weight is 522 g/mol. The molecule has 0 atom stereocenters. The van der Waals surface area contributed by atoms with E-state index >= 15 is 0 Å². The third-order valence-electron chi connectivity index (χ3n) is 6.07. The number of hydrogen-bond acceptors (Lipinski definition) is 4. The number of likely N-dealkylation sites (tertiary alicyclic amines) is 1. The van der Waals surface area contributed by atoms with Crippen LogP contribution in [0, 0.1) is 0 Å². The number of nitrogens with zero attached hydrogens (tertiary/aromatic N) is 6. The average Bonchev–Trinajstić information content (AvgIpc) is 3.41. The molecular formula is C23H16F6N6O2. The van der Waals surface area contributed by atoms with Crippen LogP contribution in [-0.2, 0) is 11.0 Å². The van der Waals surface area contributed by atoms with E-state index < -0.39 is 41.8 Å². The number of halogens is 6. The van der Waals surface area contributed by atoms with Gasteiger partial charge in [-0.25, -0.2) is 23.4 Å². The summed E-state index contributed by atoms with van der Waals surface area (Å²) in [5.41, 5.74) is -0.745. The Morgan fingerprint density at radius 1 is 1.11 bits per heavy atom. The highest BCUT2D eigenvalue weighted by Gasteiger charge is 2.37. The molecule has 1 aliphatic heterocycles. The Bertz CT molecular complexity index is 1580. The molecule has 0 saturated carbocycles. The van der Waals surface area contributed by atoms with Gasteiger partial charge in [0.25, 0.3) is 5.91 Å². The van der Waals surface area contributed by atoms with E-state index in [1.807, 2.05) is 0 Å². The van der Waals surface area contributed by atoms with Crippen LogP contribution < -0.4 is 5.69 Å². The van der Waals surface area contributed by atoms with Crippen LogP contribution in [-0.4, -0.2) is 47.8 Å². The fourth-order valence-corrected chi connectivity index (χ4v) is 4.28. The van der Waals surface area contributed by atoms with Crippen molar-refractivity contribution < 1.29 is 31.1 Å². The molecule has 5 rings (SSSR count). The van der Waals surface area contributed by atoms with Gasteiger partial charge in [-0.3, -0.25) is 9.36 Å². The molecule has 14 heteroatoms. The second-order valence-electron chi connectivity index (χ2n) is 8.32. The number of benzene rings is 1. The van der Waals surface area contributed by atoms with Gasteiger partial charge >= 0.3 is 18.4 Å². The number of hydrogen-bond donors (Lipinski definition) is 0. The second-order valence-corrected chi connectivity index (χ2v) is 8.32. The zero-order chi connectivity index (χ0) is 26.6. The Kier molecular flexibility index (Phi) is 5.68. The molecule has 8 nitrogen and oxygen atoms in total. The summed E-state index contributed by atoms with van der Waals surface area (Å²) in [4.78, 5) is 30.9. The van der Waals surface area contributed by atoms with Crippen molar-refractivity contribution in [3.05, 3.63) is 77.4 Å². The number of alkyl halides is 5. The highest BCUT2D eigenvalue weighted by Crippen LogP contribution is 2.34. The van der Waals surface area contributed by atoms with Gasteiger partial charge in [0.1, 0.15) is 0 Å². The van der Waals surface area contributed by atoms with Crippen molar-refractivity contribution in [2.45, 2.75) is 18.8 Å². The van der Waals surface area contributed by atoms with E-state index in [-0.39, 0.29) is 35.5 Å². The minimum absolute atomic E-state index is 0.0479. The van der Waals surface area contributed by atoms with E-state index in [0.717, 1.165) is 39.9 Å². The smallest absolute Gasteiger partial charge is 0.332 e. The first-order chi connectivity index (χ1) is 17.5. The van der Waals surface area contributed by atoms with Gasteiger partial charge in [-0.15, -0.1) is 0 Å². The first-order valence-electron chi connectivity index (χ1n) is 10.7. The zero-order valence-electron chi connectivity index (χ0n) is 18.7. The summed E-state index contributed by atoms with van der Waals surface area (Å²) in [5, 5.41) is 3.62. The molecule has 0 spiro atoms. The molecule has 0 bridgehead atoms. The van der Waals surface area contributed by atoms with Crippen molar-refractivity contribution in [1.82, 2.24) is 28.8 Å². The topological polar surface area (TPSA) is 78.0 Å². The molecule has 1 saturated heterocycles. The summed E-state index contributed by atoms with van der Waals surface area (Å²) in [5.74, 6) is -2.10. The molecule has 4 heterocycles. The Hall–Kier alpha value is -4.36. The van der Waals surface area contributed by atoms with Crippen LogP contribution in [0.25, 0.3) is 28.0 Å². The molecule has 3 aromatic heterocycles. The SMILES string of the molecule is C=C(F)C(=O)N1CC(n2c(=O)n(-c3ccc(C(F)(F)F)cc3)c3nccc(-c4cnn(C(F)F)c4)c32)C1. The molecule has 1 fully saturated rings. The second kappa shape index (κ2) is 8.64. The first-order valence-corrected chi connectivity index (χ1v) is 10.7. The highest BCUT2D eigenvalue weighted by molar-refractivity contribution is 5.92. The maximum absolute atomic E-state index is 13.6. The molecule has 0 N–H and O–H groups in total. The lowest BCUT2D eigenvalue weighted by Gasteiger charge is -2.39. The fraction of sp³-hybridized carbons (Fsp3) is 0.217. The van der Waals surface area contributed by atoms with Gasteiger partial charge in [0.15, 0.2) is 11.5 Å². The summed E-state index contributed by atoms with van der Waals surface area (Å²) in [6.07, 6.45) is -1.01. The number of carbonyl (C=O) groups excluding carboxylic acids is 1. The van der Waals surface area contributed by atoms with E-state index in [9.17, 15) is 35.9 Å². The van der Waals surface area contributed by atoms with Gasteiger partial charge in [0, 0.05) is 36.6 Å². The minimum Gasteiger partial charge on any atom is -0.332 e. The first kappa shape index (κ1) is 24.3. The summed E-state index contributed by atoms with van der Waals surface area (Å²) in [7, 11) is 0. The highest BCUT2D eigenvalue weighted by atomic mass is 19.4. The molecule has 1 amide bonds. The molecular weight excluding hydrogens is 506 g/mol. The van der Waals surface area contributed by atoms with Crippen LogP contribution in [0.2, 0.25) is 0 Å². The maximum atomic E-state index is 13.6. The van der Waals surface area contributed by atoms with E-state index in [4.69, 9.17) is 0 Å². The van der Waals surface area contributed by atoms with Crippen molar-refractivity contribution in [1.29, 1.82) is 0 Å². The Morgan fingerprint density at radius 3 is 2.35 bits per heavy atom. The van der Waals surface area contributed by atoms with Crippen molar-refractivity contribution in [2.75, 3.05) is 13.1 Å². The summed E-state index contributed by atoms with van der Waals surface area (Å²) < 4.78 is 81.6. The van der Waals surface area contributed by atoms with E-state index in [1.54, 1.807) is 0 Å². The summed E-state index contributed by atoms with van der Waals surface area (Å²) in [6, 6.07) is 4.69. The lowest BCUT2D eigenvalue weighted by atomic mass is 10.1. The predicted molar refractivity (Wildman–Crippen MR) is 119 cm³/mol. The Labute approximate surface area is 203 Å². The van der Waals surface area contributed by atoms with Crippen LogP contribution in [0.1, 0.15) is 18.2 Å². The fourth-order valence-electron chi connectivity index (χ4n) is 4.28. The molecule has 37 heavy (non-hydrogen) atoms. The monoisotopic (exact) mass is 522 g/mol. The molecule has 0 aliphatic carbocycles. The van der Waals surface area contributed by atoms with E-state index in [1.165, 1.54) is 23.0 Å². The van der Waals surface area contributed by atoms with Gasteiger partial charge in [-0.1, -0.05) is 6.58 Å². The minimum atomic E-state index is -4.59. The standard InChI is InChI=1S/C23H16F6N6O2/c1-12(24)20(36)32-10-16(11-32)34-18-17(13-8-31-33(9-13)21(25)26)6-7-30-19(18)35(22(34)37)15-4-2-14(3-5-15)23(27,28)29/h2-9,16,21H,1,10-11H2. The van der Waals surface area contributed by atoms with Crippen molar-refractivity contribution in [3.63, 3.8) is 0 Å². The molecule has 4 aromatic rings. The number of carbonyl (C=O) groups is 1. The quantitative estimate of drug-likeness (QED) is 0.289. The number of fused-ring (bicyclic) bond motifs is 1. The van der Waals surface area contributed by atoms with E-state index in [2.05, 4.69) is 16.7 Å². The zero-order valence-corrected chi connectivity index (χ0v) is 18.7. The van der Waals surface area contributed by atoms with Crippen LogP contribution in [0.3, 0.4) is 0 Å². The number of rotatable bonds is 5. The van der Waals surface area contributed by atoms with Gasteiger partial charge in [0.2, 0.25) is 0 Å². The molecule has 1 aromatic carbocycles. The number of pyridine rings is 1. The summed E-state index contributed by atoms with van der Waals surface area (Å²) >= 11 is 0. The van der Waals surface area contributed by atoms with Crippen LogP contribution >= 0.6 is 0 Å². The van der Waals surface area contributed by atoms with Gasteiger partial charge < -0.3 is 4.90 Å². The van der Waals surface area contributed by atoms with Gasteiger partial charge in [-0.2, -0.15) is 27.1 Å². The van der Waals surface area contributed by atoms with Crippen LogP contribution in [0.5, 0.6) is 0 Å². The number of imidazole rings is 1. The van der Waals surface area contributed by atoms with Crippen molar-refractivity contribution in [2.24, 2.45) is 0 Å². The largest absolute Gasteiger partial charge is 0.416 e. The lowest BCUT2D eigenvalue weighted by Crippen LogP contribution is -2.52. The van der Waals surface area contributed by atoms with Crippen molar-refractivity contribution in [3.8, 4) is 16.8 Å². The molecule has 1 aliphatic rings. The summed E-state index contributed by atoms with van der Waals surface area (Å²) in [6.45, 7) is -0.0557. The molecule has 0 radical (unpaired) electrons. The van der Waals surface area contributed by atoms with Crippen molar-refractivity contribution >= 4 is 17.1 Å². The molecule has 0 unspecified atom stereocenters. The number of amides is 1. The van der Waals surface area contributed by atoms with E-state index in [0.29, 0.717) is 10.2 Å². The Morgan fingerprint density at radius 2 is 1.78 bits per heavy atom. The predicted octanol–water partition coefficient (Wildman–Crippen LogP) is 4.33. The van der Waals surface area contributed by atoms with Gasteiger partial charge in [0.05, 0.1) is 29.0 Å². The maximum Gasteiger partial charge on any atom is 0.416 e. The third kappa shape index (κ3) is 4.07. The lowest BCUT2D eigenvalue weighted by molar-refractivity contribution is -0.137. The van der Waals surface area contributed by atoms with Crippen LogP contribution in [0.4, 0.5) is 26.3 Å². The Balaban J connectivity index is 1.69. The molecule has 192 valence electrons.